The van der Waals surface area contributed by atoms with Crippen LogP contribution in [0.1, 0.15) is 13.3 Å². The lowest BCUT2D eigenvalue weighted by Gasteiger charge is -2.37. The van der Waals surface area contributed by atoms with E-state index in [0.29, 0.717) is 38.3 Å². The molecular formula is C15H23ClFN3O2. The molecule has 2 N–H and O–H groups in total. The summed E-state index contributed by atoms with van der Waals surface area (Å²) in [7, 11) is 1.53. The van der Waals surface area contributed by atoms with E-state index in [2.05, 4.69) is 4.90 Å². The summed E-state index contributed by atoms with van der Waals surface area (Å²) < 4.78 is 18.5. The molecule has 0 aromatic heterocycles. The molecule has 0 radical (unpaired) electrons. The van der Waals surface area contributed by atoms with Crippen LogP contribution >= 0.6 is 12.4 Å². The number of methoxy groups -OCH3 is 1. The Morgan fingerprint density at radius 1 is 1.36 bits per heavy atom. The molecule has 1 amide bonds. The van der Waals surface area contributed by atoms with Crippen LogP contribution in [0, 0.1) is 5.82 Å². The first kappa shape index (κ1) is 18.5. The Bertz CT molecular complexity index is 508. The van der Waals surface area contributed by atoms with Gasteiger partial charge in [-0.25, -0.2) is 4.39 Å². The molecule has 1 aromatic rings. The lowest BCUT2D eigenvalue weighted by molar-refractivity contribution is -0.132. The molecule has 1 atom stereocenters. The Morgan fingerprint density at radius 2 is 2.00 bits per heavy atom. The van der Waals surface area contributed by atoms with Crippen LogP contribution in [0.25, 0.3) is 0 Å². The number of amides is 1. The Hall–Kier alpha value is -1.53. The molecular weight excluding hydrogens is 309 g/mol. The van der Waals surface area contributed by atoms with Gasteiger partial charge in [0.25, 0.3) is 0 Å². The van der Waals surface area contributed by atoms with E-state index in [0.717, 1.165) is 5.69 Å². The van der Waals surface area contributed by atoms with Crippen LogP contribution in [0.5, 0.6) is 5.75 Å². The third-order valence-corrected chi connectivity index (χ3v) is 3.83. The lowest BCUT2D eigenvalue weighted by atomic mass is 10.1. The smallest absolute Gasteiger partial charge is 0.239 e. The molecule has 0 bridgehead atoms. The van der Waals surface area contributed by atoms with E-state index in [1.165, 1.54) is 19.2 Å². The average molecular weight is 332 g/mol. The predicted molar refractivity (Wildman–Crippen MR) is 87.3 cm³/mol. The molecule has 1 fully saturated rings. The molecule has 1 aliphatic heterocycles. The second kappa shape index (κ2) is 8.19. The van der Waals surface area contributed by atoms with E-state index < -0.39 is 6.04 Å². The highest BCUT2D eigenvalue weighted by atomic mass is 35.5. The number of halogens is 2. The summed E-state index contributed by atoms with van der Waals surface area (Å²) in [6, 6.07) is 4.09. The van der Waals surface area contributed by atoms with Crippen molar-refractivity contribution in [3.05, 3.63) is 24.0 Å². The van der Waals surface area contributed by atoms with E-state index in [4.69, 9.17) is 10.5 Å². The normalized spacial score (nSPS) is 16.0. The summed E-state index contributed by atoms with van der Waals surface area (Å²) in [5.74, 6) is 0.196. The summed E-state index contributed by atoms with van der Waals surface area (Å²) in [6.45, 7) is 4.51. The van der Waals surface area contributed by atoms with E-state index in [9.17, 15) is 9.18 Å². The maximum atomic E-state index is 13.2. The van der Waals surface area contributed by atoms with Gasteiger partial charge >= 0.3 is 0 Å². The van der Waals surface area contributed by atoms with Crippen molar-refractivity contribution in [2.75, 3.05) is 38.2 Å². The SMILES string of the molecule is CCC(N)C(=O)N1CCN(c2ccc(F)cc2OC)CC1.Cl. The highest BCUT2D eigenvalue weighted by Crippen LogP contribution is 2.29. The molecule has 7 heteroatoms. The first-order valence-electron chi connectivity index (χ1n) is 7.19. The summed E-state index contributed by atoms with van der Waals surface area (Å²) >= 11 is 0. The molecule has 1 saturated heterocycles. The maximum absolute atomic E-state index is 13.2. The van der Waals surface area contributed by atoms with E-state index in [1.807, 2.05) is 6.92 Å². The largest absolute Gasteiger partial charge is 0.494 e. The Balaban J connectivity index is 0.00000242. The number of anilines is 1. The summed E-state index contributed by atoms with van der Waals surface area (Å²) in [5, 5.41) is 0. The van der Waals surface area contributed by atoms with Crippen molar-refractivity contribution in [3.8, 4) is 5.75 Å². The molecule has 1 unspecified atom stereocenters. The molecule has 1 aliphatic rings. The Labute approximate surface area is 136 Å². The van der Waals surface area contributed by atoms with E-state index in [1.54, 1.807) is 11.0 Å². The fourth-order valence-corrected chi connectivity index (χ4v) is 2.49. The van der Waals surface area contributed by atoms with E-state index in [-0.39, 0.29) is 24.1 Å². The van der Waals surface area contributed by atoms with Crippen LogP contribution in [-0.4, -0.2) is 50.1 Å². The van der Waals surface area contributed by atoms with Gasteiger partial charge < -0.3 is 20.3 Å². The number of carbonyl (C=O) groups is 1. The third-order valence-electron chi connectivity index (χ3n) is 3.83. The van der Waals surface area contributed by atoms with Crippen molar-refractivity contribution >= 4 is 24.0 Å². The highest BCUT2D eigenvalue weighted by Gasteiger charge is 2.25. The van der Waals surface area contributed by atoms with Crippen LogP contribution in [0.15, 0.2) is 18.2 Å². The van der Waals surface area contributed by atoms with Gasteiger partial charge in [0.15, 0.2) is 0 Å². The number of piperazine rings is 1. The molecule has 2 rings (SSSR count). The zero-order valence-electron chi connectivity index (χ0n) is 12.9. The zero-order valence-corrected chi connectivity index (χ0v) is 13.7. The summed E-state index contributed by atoms with van der Waals surface area (Å²) in [6.07, 6.45) is 0.644. The molecule has 1 aromatic carbocycles. The van der Waals surface area contributed by atoms with Crippen LogP contribution in [0.2, 0.25) is 0 Å². The van der Waals surface area contributed by atoms with Gasteiger partial charge in [-0.2, -0.15) is 0 Å². The van der Waals surface area contributed by atoms with Gasteiger partial charge in [0.1, 0.15) is 11.6 Å². The first-order chi connectivity index (χ1) is 10.1. The van der Waals surface area contributed by atoms with Crippen molar-refractivity contribution in [2.45, 2.75) is 19.4 Å². The number of rotatable bonds is 4. The van der Waals surface area contributed by atoms with Gasteiger partial charge in [-0.3, -0.25) is 4.79 Å². The molecule has 0 aliphatic carbocycles. The van der Waals surface area contributed by atoms with Crippen molar-refractivity contribution in [2.24, 2.45) is 5.73 Å². The third kappa shape index (κ3) is 4.01. The van der Waals surface area contributed by atoms with Gasteiger partial charge in [0.05, 0.1) is 18.8 Å². The minimum Gasteiger partial charge on any atom is -0.494 e. The number of hydrogen-bond donors (Lipinski definition) is 1. The number of nitrogens with two attached hydrogens (primary N) is 1. The Kier molecular flexibility index (Phi) is 6.90. The molecule has 0 spiro atoms. The Morgan fingerprint density at radius 3 is 2.55 bits per heavy atom. The van der Waals surface area contributed by atoms with Crippen molar-refractivity contribution in [1.29, 1.82) is 0 Å². The molecule has 22 heavy (non-hydrogen) atoms. The number of ether oxygens (including phenoxy) is 1. The average Bonchev–Trinajstić information content (AvgIpc) is 2.53. The molecule has 5 nitrogen and oxygen atoms in total. The minimum atomic E-state index is -0.420. The molecule has 0 saturated carbocycles. The van der Waals surface area contributed by atoms with Gasteiger partial charge in [-0.05, 0) is 18.6 Å². The number of carbonyl (C=O) groups excluding carboxylic acids is 1. The maximum Gasteiger partial charge on any atom is 0.239 e. The van der Waals surface area contributed by atoms with Crippen molar-refractivity contribution in [3.63, 3.8) is 0 Å². The highest BCUT2D eigenvalue weighted by molar-refractivity contribution is 5.85. The van der Waals surface area contributed by atoms with Gasteiger partial charge in [0, 0.05) is 32.2 Å². The monoisotopic (exact) mass is 331 g/mol. The van der Waals surface area contributed by atoms with Crippen LogP contribution in [0.4, 0.5) is 10.1 Å². The molecule has 124 valence electrons. The standard InChI is InChI=1S/C15H22FN3O2.ClH/c1-3-12(17)15(20)19-8-6-18(7-9-19)13-5-4-11(16)10-14(13)21-2;/h4-5,10,12H,3,6-9,17H2,1-2H3;1H. The number of benzene rings is 1. The first-order valence-corrected chi connectivity index (χ1v) is 7.19. The van der Waals surface area contributed by atoms with Gasteiger partial charge in [0.2, 0.25) is 5.91 Å². The van der Waals surface area contributed by atoms with Crippen LogP contribution in [0.3, 0.4) is 0 Å². The van der Waals surface area contributed by atoms with Crippen molar-refractivity contribution in [1.82, 2.24) is 4.90 Å². The predicted octanol–water partition coefficient (Wildman–Crippen LogP) is 1.64. The fourth-order valence-electron chi connectivity index (χ4n) is 2.49. The topological polar surface area (TPSA) is 58.8 Å². The van der Waals surface area contributed by atoms with Crippen LogP contribution in [-0.2, 0) is 4.79 Å². The fraction of sp³-hybridized carbons (Fsp3) is 0.533. The number of nitrogens with zero attached hydrogens (tertiary/aromatic N) is 2. The summed E-state index contributed by atoms with van der Waals surface area (Å²) in [4.78, 5) is 15.9. The van der Waals surface area contributed by atoms with Gasteiger partial charge in [-0.15, -0.1) is 12.4 Å². The van der Waals surface area contributed by atoms with E-state index >= 15 is 0 Å². The quantitative estimate of drug-likeness (QED) is 0.911. The zero-order chi connectivity index (χ0) is 15.4. The van der Waals surface area contributed by atoms with Gasteiger partial charge in [-0.1, -0.05) is 6.92 Å². The van der Waals surface area contributed by atoms with Crippen LogP contribution < -0.4 is 15.4 Å². The number of hydrogen-bond acceptors (Lipinski definition) is 4. The second-order valence-electron chi connectivity index (χ2n) is 5.14. The molecule has 1 heterocycles. The van der Waals surface area contributed by atoms with Crippen molar-refractivity contribution < 1.29 is 13.9 Å². The summed E-state index contributed by atoms with van der Waals surface area (Å²) in [5.41, 5.74) is 6.64. The minimum absolute atomic E-state index is 0. The lowest BCUT2D eigenvalue weighted by Crippen LogP contribution is -2.53. The second-order valence-corrected chi connectivity index (χ2v) is 5.14.